The van der Waals surface area contributed by atoms with Gasteiger partial charge < -0.3 is 5.32 Å². The van der Waals surface area contributed by atoms with Crippen molar-refractivity contribution in [1.29, 1.82) is 0 Å². The maximum atomic E-state index is 3.57. The Morgan fingerprint density at radius 3 is 2.59 bits per heavy atom. The molecule has 1 N–H and O–H groups in total. The van der Waals surface area contributed by atoms with Gasteiger partial charge in [-0.25, -0.2) is 0 Å². The maximum Gasteiger partial charge on any atom is 0.0671 e. The van der Waals surface area contributed by atoms with Crippen LogP contribution in [0.3, 0.4) is 0 Å². The monoisotopic (exact) mass is 245 g/mol. The summed E-state index contributed by atoms with van der Waals surface area (Å²) >= 11 is 1.87. The zero-order chi connectivity index (χ0) is 12.3. The summed E-state index contributed by atoms with van der Waals surface area (Å²) in [5, 5.41) is 3.57. The quantitative estimate of drug-likeness (QED) is 0.856. The van der Waals surface area contributed by atoms with Crippen molar-refractivity contribution < 1.29 is 0 Å². The molecule has 2 rings (SSSR count). The lowest BCUT2D eigenvalue weighted by atomic mass is 10.0. The number of aryl methyl sites for hydroxylation is 2. The molecule has 0 radical (unpaired) electrons. The summed E-state index contributed by atoms with van der Waals surface area (Å²) in [6.45, 7) is 7.44. The van der Waals surface area contributed by atoms with E-state index in [2.05, 4.69) is 62.5 Å². The minimum Gasteiger partial charge on any atom is -0.306 e. The Morgan fingerprint density at radius 1 is 1.18 bits per heavy atom. The molecule has 0 aliphatic rings. The molecule has 1 atom stereocenters. The molecule has 1 nitrogen and oxygen atoms in total. The maximum absolute atomic E-state index is 3.57. The number of hydrogen-bond acceptors (Lipinski definition) is 2. The predicted octanol–water partition coefficient (Wildman–Crippen LogP) is 4.06. The van der Waals surface area contributed by atoms with E-state index in [-0.39, 0.29) is 0 Å². The molecule has 2 heteroatoms. The number of benzene rings is 1. The zero-order valence-electron chi connectivity index (χ0n) is 10.7. The Labute approximate surface area is 108 Å². The summed E-state index contributed by atoms with van der Waals surface area (Å²) in [7, 11) is 0. The van der Waals surface area contributed by atoms with Crippen molar-refractivity contribution in [2.24, 2.45) is 0 Å². The van der Waals surface area contributed by atoms with Crippen molar-refractivity contribution in [2.45, 2.75) is 26.8 Å². The first-order valence-electron chi connectivity index (χ1n) is 6.07. The number of hydrogen-bond donors (Lipinski definition) is 1. The Bertz CT molecular complexity index is 487. The van der Waals surface area contributed by atoms with Gasteiger partial charge in [-0.05, 0) is 38.1 Å². The van der Waals surface area contributed by atoms with Crippen LogP contribution in [0.2, 0.25) is 0 Å². The molecule has 0 saturated heterocycles. The zero-order valence-corrected chi connectivity index (χ0v) is 11.5. The number of nitrogens with one attached hydrogen (secondary N) is 1. The van der Waals surface area contributed by atoms with Crippen LogP contribution in [0.15, 0.2) is 36.4 Å². The van der Waals surface area contributed by atoms with Gasteiger partial charge in [-0.1, -0.05) is 36.8 Å². The fourth-order valence-corrected chi connectivity index (χ4v) is 3.03. The summed E-state index contributed by atoms with van der Waals surface area (Å²) in [5.74, 6) is 0. The van der Waals surface area contributed by atoms with E-state index in [1.54, 1.807) is 0 Å². The SMILES string of the molecule is CCNC(c1cccc(C)c1)c1ccc(C)s1. The van der Waals surface area contributed by atoms with Gasteiger partial charge in [-0.3, -0.25) is 0 Å². The minimum atomic E-state index is 0.332. The van der Waals surface area contributed by atoms with E-state index in [9.17, 15) is 0 Å². The van der Waals surface area contributed by atoms with Crippen LogP contribution in [0, 0.1) is 13.8 Å². The molecule has 0 fully saturated rings. The summed E-state index contributed by atoms with van der Waals surface area (Å²) in [5.41, 5.74) is 2.67. The van der Waals surface area contributed by atoms with Gasteiger partial charge in [0.2, 0.25) is 0 Å². The predicted molar refractivity (Wildman–Crippen MR) is 75.8 cm³/mol. The van der Waals surface area contributed by atoms with E-state index in [0.717, 1.165) is 6.54 Å². The lowest BCUT2D eigenvalue weighted by molar-refractivity contribution is 0.639. The lowest BCUT2D eigenvalue weighted by Crippen LogP contribution is -2.21. The van der Waals surface area contributed by atoms with E-state index in [1.165, 1.54) is 20.9 Å². The standard InChI is InChI=1S/C15H19NS/c1-4-16-15(14-9-8-12(3)17-14)13-7-5-6-11(2)10-13/h5-10,15-16H,4H2,1-3H3. The molecule has 90 valence electrons. The molecule has 1 aromatic carbocycles. The van der Waals surface area contributed by atoms with Gasteiger partial charge in [-0.15, -0.1) is 11.3 Å². The van der Waals surface area contributed by atoms with Gasteiger partial charge in [0.15, 0.2) is 0 Å². The second kappa shape index (κ2) is 5.48. The molecule has 0 spiro atoms. The highest BCUT2D eigenvalue weighted by Gasteiger charge is 2.14. The first-order valence-corrected chi connectivity index (χ1v) is 6.88. The van der Waals surface area contributed by atoms with Crippen LogP contribution in [0.4, 0.5) is 0 Å². The number of thiophene rings is 1. The van der Waals surface area contributed by atoms with Crippen molar-refractivity contribution in [3.8, 4) is 0 Å². The van der Waals surface area contributed by atoms with E-state index in [1.807, 2.05) is 11.3 Å². The van der Waals surface area contributed by atoms with E-state index < -0.39 is 0 Å². The molecule has 1 unspecified atom stereocenters. The van der Waals surface area contributed by atoms with Crippen molar-refractivity contribution in [1.82, 2.24) is 5.32 Å². The normalized spacial score (nSPS) is 12.6. The highest BCUT2D eigenvalue weighted by molar-refractivity contribution is 7.12. The van der Waals surface area contributed by atoms with Gasteiger partial charge in [0.1, 0.15) is 0 Å². The van der Waals surface area contributed by atoms with Gasteiger partial charge in [0, 0.05) is 9.75 Å². The fraction of sp³-hybridized carbons (Fsp3) is 0.333. The Hall–Kier alpha value is -1.12. The third-order valence-electron chi connectivity index (χ3n) is 2.83. The van der Waals surface area contributed by atoms with Crippen molar-refractivity contribution in [3.05, 3.63) is 57.3 Å². The van der Waals surface area contributed by atoms with Crippen LogP contribution in [-0.4, -0.2) is 6.54 Å². The molecule has 0 aliphatic carbocycles. The van der Waals surface area contributed by atoms with Crippen molar-refractivity contribution >= 4 is 11.3 Å². The Kier molecular flexibility index (Phi) is 3.97. The largest absolute Gasteiger partial charge is 0.306 e. The van der Waals surface area contributed by atoms with Crippen LogP contribution >= 0.6 is 11.3 Å². The topological polar surface area (TPSA) is 12.0 Å². The summed E-state index contributed by atoms with van der Waals surface area (Å²) in [6.07, 6.45) is 0. The van der Waals surface area contributed by atoms with Crippen LogP contribution < -0.4 is 5.32 Å². The molecular weight excluding hydrogens is 226 g/mol. The summed E-state index contributed by atoms with van der Waals surface area (Å²) < 4.78 is 0. The molecule has 0 saturated carbocycles. The molecule has 17 heavy (non-hydrogen) atoms. The average Bonchev–Trinajstić information content (AvgIpc) is 2.72. The highest BCUT2D eigenvalue weighted by atomic mass is 32.1. The second-order valence-corrected chi connectivity index (χ2v) is 5.67. The lowest BCUT2D eigenvalue weighted by Gasteiger charge is -2.17. The van der Waals surface area contributed by atoms with Gasteiger partial charge >= 0.3 is 0 Å². The second-order valence-electron chi connectivity index (χ2n) is 4.35. The molecule has 0 aliphatic heterocycles. The van der Waals surface area contributed by atoms with Crippen LogP contribution in [0.25, 0.3) is 0 Å². The van der Waals surface area contributed by atoms with Gasteiger partial charge in [0.05, 0.1) is 6.04 Å². The average molecular weight is 245 g/mol. The molecule has 0 amide bonds. The fourth-order valence-electron chi connectivity index (χ4n) is 2.05. The highest BCUT2D eigenvalue weighted by Crippen LogP contribution is 2.28. The first-order chi connectivity index (χ1) is 8.20. The van der Waals surface area contributed by atoms with Gasteiger partial charge in [0.25, 0.3) is 0 Å². The smallest absolute Gasteiger partial charge is 0.0671 e. The summed E-state index contributed by atoms with van der Waals surface area (Å²) in [6, 6.07) is 13.5. The number of rotatable bonds is 4. The van der Waals surface area contributed by atoms with E-state index >= 15 is 0 Å². The Balaban J connectivity index is 2.35. The third-order valence-corrected chi connectivity index (χ3v) is 3.89. The van der Waals surface area contributed by atoms with Crippen LogP contribution in [0.1, 0.15) is 33.8 Å². The third kappa shape index (κ3) is 2.96. The molecule has 0 bridgehead atoms. The minimum absolute atomic E-state index is 0.332. The van der Waals surface area contributed by atoms with E-state index in [0.29, 0.717) is 6.04 Å². The van der Waals surface area contributed by atoms with Gasteiger partial charge in [-0.2, -0.15) is 0 Å². The first kappa shape index (κ1) is 12.3. The molecule has 1 heterocycles. The van der Waals surface area contributed by atoms with E-state index in [4.69, 9.17) is 0 Å². The van der Waals surface area contributed by atoms with Crippen molar-refractivity contribution in [3.63, 3.8) is 0 Å². The van der Waals surface area contributed by atoms with Crippen molar-refractivity contribution in [2.75, 3.05) is 6.54 Å². The molecule has 2 aromatic rings. The Morgan fingerprint density at radius 2 is 2.00 bits per heavy atom. The molecular formula is C15H19NS. The van der Waals surface area contributed by atoms with Crippen LogP contribution in [0.5, 0.6) is 0 Å². The summed E-state index contributed by atoms with van der Waals surface area (Å²) in [4.78, 5) is 2.77. The molecule has 1 aromatic heterocycles. The van der Waals surface area contributed by atoms with Crippen LogP contribution in [-0.2, 0) is 0 Å².